The van der Waals surface area contributed by atoms with Gasteiger partial charge in [0.2, 0.25) is 0 Å². The fraction of sp³-hybridized carbons (Fsp3) is 0.667. The summed E-state index contributed by atoms with van der Waals surface area (Å²) in [5.41, 5.74) is 0. The van der Waals surface area contributed by atoms with E-state index in [4.69, 9.17) is 27.9 Å². The SMILES string of the molecule is CCNC(=NCC(O)COc1cccc(Cl)c1Cl)N1CCC(CN(CC)CC)C1. The predicted molar refractivity (Wildman–Crippen MR) is 121 cm³/mol. The molecule has 1 saturated heterocycles. The molecule has 164 valence electrons. The third-order valence-corrected chi connectivity index (χ3v) is 5.93. The summed E-state index contributed by atoms with van der Waals surface area (Å²) in [5, 5.41) is 14.4. The molecular weight excluding hydrogens is 411 g/mol. The number of likely N-dealkylation sites (tertiary alicyclic amines) is 1. The third kappa shape index (κ3) is 7.52. The van der Waals surface area contributed by atoms with Gasteiger partial charge in [0.25, 0.3) is 0 Å². The van der Waals surface area contributed by atoms with Crippen LogP contribution in [0.2, 0.25) is 10.0 Å². The van der Waals surface area contributed by atoms with Crippen molar-refractivity contribution in [3.8, 4) is 5.75 Å². The van der Waals surface area contributed by atoms with Crippen molar-refractivity contribution in [1.82, 2.24) is 15.1 Å². The molecule has 1 fully saturated rings. The molecule has 0 radical (unpaired) electrons. The summed E-state index contributed by atoms with van der Waals surface area (Å²) < 4.78 is 5.61. The number of aliphatic imine (C=N–C) groups is 1. The summed E-state index contributed by atoms with van der Waals surface area (Å²) in [7, 11) is 0. The second-order valence-electron chi connectivity index (χ2n) is 7.30. The molecule has 1 aromatic rings. The molecule has 0 spiro atoms. The van der Waals surface area contributed by atoms with Gasteiger partial charge >= 0.3 is 0 Å². The van der Waals surface area contributed by atoms with Gasteiger partial charge in [-0.05, 0) is 44.5 Å². The molecule has 1 aliphatic heterocycles. The Morgan fingerprint density at radius 3 is 2.79 bits per heavy atom. The van der Waals surface area contributed by atoms with Crippen LogP contribution in [0.4, 0.5) is 0 Å². The Balaban J connectivity index is 1.87. The highest BCUT2D eigenvalue weighted by molar-refractivity contribution is 6.42. The number of rotatable bonds is 10. The maximum Gasteiger partial charge on any atom is 0.194 e. The first kappa shape index (κ1) is 24.1. The van der Waals surface area contributed by atoms with Gasteiger partial charge in [0.15, 0.2) is 5.96 Å². The van der Waals surface area contributed by atoms with E-state index in [0.29, 0.717) is 21.7 Å². The van der Waals surface area contributed by atoms with Crippen LogP contribution in [0.1, 0.15) is 27.2 Å². The minimum Gasteiger partial charge on any atom is -0.489 e. The number of benzene rings is 1. The normalized spacial score (nSPS) is 18.4. The number of aliphatic hydroxyl groups excluding tert-OH is 1. The quantitative estimate of drug-likeness (QED) is 0.427. The van der Waals surface area contributed by atoms with Gasteiger partial charge in [-0.25, -0.2) is 0 Å². The molecule has 1 aromatic carbocycles. The zero-order valence-electron chi connectivity index (χ0n) is 17.7. The van der Waals surface area contributed by atoms with Crippen LogP contribution in [0.15, 0.2) is 23.2 Å². The molecule has 2 unspecified atom stereocenters. The van der Waals surface area contributed by atoms with Crippen LogP contribution in [-0.4, -0.2) is 79.4 Å². The number of hydrogen-bond acceptors (Lipinski definition) is 4. The van der Waals surface area contributed by atoms with E-state index in [1.807, 2.05) is 0 Å². The maximum atomic E-state index is 10.3. The molecule has 0 amide bonds. The van der Waals surface area contributed by atoms with Gasteiger partial charge < -0.3 is 25.0 Å². The summed E-state index contributed by atoms with van der Waals surface area (Å²) in [4.78, 5) is 9.39. The predicted octanol–water partition coefficient (Wildman–Crippen LogP) is 3.36. The second kappa shape index (κ2) is 12.5. The van der Waals surface area contributed by atoms with Crippen LogP contribution in [0, 0.1) is 5.92 Å². The van der Waals surface area contributed by atoms with Gasteiger partial charge in [-0.3, -0.25) is 4.99 Å². The fourth-order valence-corrected chi connectivity index (χ4v) is 3.82. The summed E-state index contributed by atoms with van der Waals surface area (Å²) in [5.74, 6) is 1.97. The lowest BCUT2D eigenvalue weighted by molar-refractivity contribution is 0.114. The van der Waals surface area contributed by atoms with E-state index >= 15 is 0 Å². The first-order valence-corrected chi connectivity index (χ1v) is 11.2. The molecule has 1 aliphatic rings. The van der Waals surface area contributed by atoms with E-state index < -0.39 is 6.10 Å². The van der Waals surface area contributed by atoms with Gasteiger partial charge in [-0.1, -0.05) is 43.1 Å². The molecule has 0 aliphatic carbocycles. The van der Waals surface area contributed by atoms with E-state index in [9.17, 15) is 5.11 Å². The minimum absolute atomic E-state index is 0.105. The Morgan fingerprint density at radius 2 is 2.10 bits per heavy atom. The number of guanidine groups is 1. The molecule has 2 rings (SSSR count). The second-order valence-corrected chi connectivity index (χ2v) is 8.08. The van der Waals surface area contributed by atoms with Crippen molar-refractivity contribution in [2.75, 3.05) is 52.4 Å². The fourth-order valence-electron chi connectivity index (χ4n) is 3.47. The average Bonchev–Trinajstić information content (AvgIpc) is 3.18. The Labute approximate surface area is 184 Å². The highest BCUT2D eigenvalue weighted by Crippen LogP contribution is 2.31. The van der Waals surface area contributed by atoms with E-state index in [1.165, 1.54) is 6.42 Å². The molecule has 2 N–H and O–H groups in total. The van der Waals surface area contributed by atoms with Gasteiger partial charge in [0.05, 0.1) is 11.6 Å². The smallest absolute Gasteiger partial charge is 0.194 e. The summed E-state index contributed by atoms with van der Waals surface area (Å²) in [6, 6.07) is 5.19. The average molecular weight is 445 g/mol. The zero-order chi connectivity index (χ0) is 21.2. The van der Waals surface area contributed by atoms with Crippen molar-refractivity contribution in [2.45, 2.75) is 33.3 Å². The number of nitrogens with zero attached hydrogens (tertiary/aromatic N) is 3. The van der Waals surface area contributed by atoms with Crippen molar-refractivity contribution in [3.63, 3.8) is 0 Å². The molecule has 1 heterocycles. The zero-order valence-corrected chi connectivity index (χ0v) is 19.2. The van der Waals surface area contributed by atoms with Crippen LogP contribution < -0.4 is 10.1 Å². The van der Waals surface area contributed by atoms with E-state index in [0.717, 1.165) is 45.2 Å². The molecule has 2 atom stereocenters. The van der Waals surface area contributed by atoms with Crippen molar-refractivity contribution in [1.29, 1.82) is 0 Å². The van der Waals surface area contributed by atoms with Crippen LogP contribution in [0.5, 0.6) is 5.75 Å². The number of ether oxygens (including phenoxy) is 1. The van der Waals surface area contributed by atoms with Crippen LogP contribution in [0.25, 0.3) is 0 Å². The number of hydrogen-bond donors (Lipinski definition) is 2. The van der Waals surface area contributed by atoms with Gasteiger partial charge in [-0.15, -0.1) is 0 Å². The Hall–Kier alpha value is -1.21. The van der Waals surface area contributed by atoms with E-state index in [1.54, 1.807) is 18.2 Å². The largest absolute Gasteiger partial charge is 0.489 e. The van der Waals surface area contributed by atoms with Crippen LogP contribution in [0.3, 0.4) is 0 Å². The summed E-state index contributed by atoms with van der Waals surface area (Å²) >= 11 is 12.1. The maximum absolute atomic E-state index is 10.3. The van der Waals surface area contributed by atoms with Gasteiger partial charge in [0, 0.05) is 26.2 Å². The summed E-state index contributed by atoms with van der Waals surface area (Å²) in [6.45, 7) is 12.9. The Bertz CT molecular complexity index is 656. The standard InChI is InChI=1S/C21H34Cl2N4O2/c1-4-24-21(27-11-10-16(14-27)13-26(5-2)6-3)25-12-17(28)15-29-19-9-7-8-18(22)20(19)23/h7-9,16-17,28H,4-6,10-15H2,1-3H3,(H,24,25). The first-order valence-electron chi connectivity index (χ1n) is 10.5. The van der Waals surface area contributed by atoms with Crippen molar-refractivity contribution in [3.05, 3.63) is 28.2 Å². The molecule has 0 aromatic heterocycles. The molecule has 29 heavy (non-hydrogen) atoms. The molecule has 0 bridgehead atoms. The topological polar surface area (TPSA) is 60.3 Å². The molecule has 0 saturated carbocycles. The summed E-state index contributed by atoms with van der Waals surface area (Å²) in [6.07, 6.45) is 0.438. The number of halogens is 2. The monoisotopic (exact) mass is 444 g/mol. The van der Waals surface area contributed by atoms with Gasteiger partial charge in [-0.2, -0.15) is 0 Å². The highest BCUT2D eigenvalue weighted by atomic mass is 35.5. The lowest BCUT2D eigenvalue weighted by Crippen LogP contribution is -2.41. The molecule has 6 nitrogen and oxygen atoms in total. The van der Waals surface area contributed by atoms with Crippen LogP contribution >= 0.6 is 23.2 Å². The van der Waals surface area contributed by atoms with Crippen LogP contribution in [-0.2, 0) is 0 Å². The minimum atomic E-state index is -0.729. The molecular formula is C21H34Cl2N4O2. The molecule has 8 heteroatoms. The Kier molecular flexibility index (Phi) is 10.4. The highest BCUT2D eigenvalue weighted by Gasteiger charge is 2.26. The van der Waals surface area contributed by atoms with E-state index in [2.05, 4.69) is 40.9 Å². The van der Waals surface area contributed by atoms with Crippen molar-refractivity contribution < 1.29 is 9.84 Å². The van der Waals surface area contributed by atoms with Gasteiger partial charge in [0.1, 0.15) is 23.5 Å². The van der Waals surface area contributed by atoms with E-state index in [-0.39, 0.29) is 13.2 Å². The lowest BCUT2D eigenvalue weighted by Gasteiger charge is -2.24. The Morgan fingerprint density at radius 1 is 1.34 bits per heavy atom. The number of aliphatic hydroxyl groups is 1. The first-order chi connectivity index (χ1) is 14.0. The number of nitrogens with one attached hydrogen (secondary N) is 1. The lowest BCUT2D eigenvalue weighted by atomic mass is 10.1. The van der Waals surface area contributed by atoms with Crippen molar-refractivity contribution in [2.24, 2.45) is 10.9 Å². The third-order valence-electron chi connectivity index (χ3n) is 5.13. The van der Waals surface area contributed by atoms with Crippen molar-refractivity contribution >= 4 is 29.2 Å².